The van der Waals surface area contributed by atoms with Crippen LogP contribution in [0.4, 0.5) is 10.5 Å². The Bertz CT molecular complexity index is 1360. The average molecular weight is 585 g/mol. The van der Waals surface area contributed by atoms with Gasteiger partial charge in [-0.1, -0.05) is 18.2 Å². The second kappa shape index (κ2) is 13.5. The van der Waals surface area contributed by atoms with E-state index in [1.54, 1.807) is 31.2 Å². The van der Waals surface area contributed by atoms with Gasteiger partial charge in [0.05, 0.1) is 41.4 Å². The molecule has 0 saturated carbocycles. The van der Waals surface area contributed by atoms with Crippen LogP contribution in [-0.4, -0.2) is 113 Å². The number of carbonyl (C=O) groups is 5. The molecule has 2 unspecified atom stereocenters. The Labute approximate surface area is 242 Å². The number of carboxylic acid groups (broad SMARTS) is 2. The SMILES string of the molecule is CCOC(=O)N1CCN(C(=O)C(CCC(=O)O)c2nc3ccccc3c(N3CCNC(CC(=O)O)C3)c2C(N)=O)CC1. The zero-order valence-corrected chi connectivity index (χ0v) is 23.5. The second-order valence-corrected chi connectivity index (χ2v) is 10.3. The van der Waals surface area contributed by atoms with Crippen LogP contribution >= 0.6 is 0 Å². The van der Waals surface area contributed by atoms with Crippen LogP contribution in [0.3, 0.4) is 0 Å². The zero-order valence-electron chi connectivity index (χ0n) is 23.5. The van der Waals surface area contributed by atoms with E-state index in [0.717, 1.165) is 0 Å². The van der Waals surface area contributed by atoms with E-state index in [2.05, 4.69) is 5.32 Å². The molecule has 14 heteroatoms. The highest BCUT2D eigenvalue weighted by Crippen LogP contribution is 2.37. The number of hydrogen-bond donors (Lipinski definition) is 4. The molecule has 0 bridgehead atoms. The van der Waals surface area contributed by atoms with E-state index < -0.39 is 41.8 Å². The predicted molar refractivity (Wildman–Crippen MR) is 151 cm³/mol. The first-order valence-electron chi connectivity index (χ1n) is 14.0. The van der Waals surface area contributed by atoms with Crippen LogP contribution in [0.25, 0.3) is 10.9 Å². The fourth-order valence-electron chi connectivity index (χ4n) is 5.60. The molecule has 2 aromatic rings. The molecule has 2 fully saturated rings. The molecule has 2 atom stereocenters. The number of para-hydroxylation sites is 1. The van der Waals surface area contributed by atoms with Gasteiger partial charge in [0.1, 0.15) is 0 Å². The maximum absolute atomic E-state index is 14.0. The molecule has 4 rings (SSSR count). The van der Waals surface area contributed by atoms with Crippen molar-refractivity contribution in [1.82, 2.24) is 20.1 Å². The first-order chi connectivity index (χ1) is 20.1. The van der Waals surface area contributed by atoms with Crippen molar-refractivity contribution < 1.29 is 38.9 Å². The lowest BCUT2D eigenvalue weighted by molar-refractivity contribution is -0.139. The van der Waals surface area contributed by atoms with E-state index in [1.807, 2.05) is 4.90 Å². The molecule has 2 aliphatic heterocycles. The molecule has 2 saturated heterocycles. The molecule has 226 valence electrons. The zero-order chi connectivity index (χ0) is 30.4. The van der Waals surface area contributed by atoms with Gasteiger partial charge in [-0.05, 0) is 19.4 Å². The number of amides is 3. The topological polar surface area (TPSA) is 196 Å². The molecule has 3 amide bonds. The number of ether oxygens (including phenoxy) is 1. The summed E-state index contributed by atoms with van der Waals surface area (Å²) >= 11 is 0. The number of nitrogens with zero attached hydrogens (tertiary/aromatic N) is 4. The average Bonchev–Trinajstić information content (AvgIpc) is 2.96. The number of anilines is 1. The Morgan fingerprint density at radius 1 is 1.05 bits per heavy atom. The first kappa shape index (κ1) is 30.5. The summed E-state index contributed by atoms with van der Waals surface area (Å²) in [6, 6.07) is 6.67. The summed E-state index contributed by atoms with van der Waals surface area (Å²) < 4.78 is 5.06. The van der Waals surface area contributed by atoms with Crippen molar-refractivity contribution in [3.8, 4) is 0 Å². The minimum atomic E-state index is -1.11. The minimum absolute atomic E-state index is 0.0126. The van der Waals surface area contributed by atoms with Crippen LogP contribution in [0.15, 0.2) is 24.3 Å². The summed E-state index contributed by atoms with van der Waals surface area (Å²) in [6.07, 6.45) is -1.08. The quantitative estimate of drug-likeness (QED) is 0.309. The summed E-state index contributed by atoms with van der Waals surface area (Å²) in [5.41, 5.74) is 7.00. The molecule has 42 heavy (non-hydrogen) atoms. The standard InChI is InChI=1S/C28H36N6O8/c1-2-42-28(41)33-13-11-32(12-14-33)27(40)19(7-8-21(35)36)24-23(26(29)39)25(18-5-3-4-6-20(18)31-24)34-10-9-30-17(16-34)15-22(37)38/h3-6,17,19,30H,2,7-16H2,1H3,(H2,29,39)(H,35,36)(H,37,38). The molecule has 0 radical (unpaired) electrons. The van der Waals surface area contributed by atoms with Gasteiger partial charge in [0.2, 0.25) is 5.91 Å². The number of piperazine rings is 2. The molecule has 1 aromatic heterocycles. The lowest BCUT2D eigenvalue weighted by atomic mass is 9.90. The number of primary amides is 1. The summed E-state index contributed by atoms with van der Waals surface area (Å²) in [6.45, 7) is 3.96. The molecule has 0 aliphatic carbocycles. The molecule has 0 spiro atoms. The summed E-state index contributed by atoms with van der Waals surface area (Å²) in [7, 11) is 0. The van der Waals surface area contributed by atoms with Gasteiger partial charge in [-0.15, -0.1) is 0 Å². The van der Waals surface area contributed by atoms with Gasteiger partial charge in [0.25, 0.3) is 5.91 Å². The van der Waals surface area contributed by atoms with E-state index in [9.17, 15) is 34.2 Å². The molecule has 3 heterocycles. The van der Waals surface area contributed by atoms with Crippen LogP contribution in [0.2, 0.25) is 0 Å². The van der Waals surface area contributed by atoms with Crippen molar-refractivity contribution in [3.05, 3.63) is 35.5 Å². The number of pyridine rings is 1. The minimum Gasteiger partial charge on any atom is -0.481 e. The molecular weight excluding hydrogens is 548 g/mol. The normalized spacial score (nSPS) is 18.0. The third-order valence-corrected chi connectivity index (χ3v) is 7.52. The number of nitrogens with two attached hydrogens (primary N) is 1. The third kappa shape index (κ3) is 6.87. The van der Waals surface area contributed by atoms with Crippen LogP contribution in [0.1, 0.15) is 48.2 Å². The first-order valence-corrected chi connectivity index (χ1v) is 14.0. The smallest absolute Gasteiger partial charge is 0.409 e. The van der Waals surface area contributed by atoms with Crippen molar-refractivity contribution in [3.63, 3.8) is 0 Å². The number of benzene rings is 1. The second-order valence-electron chi connectivity index (χ2n) is 10.3. The van der Waals surface area contributed by atoms with Gasteiger partial charge in [-0.3, -0.25) is 24.2 Å². The highest BCUT2D eigenvalue weighted by molar-refractivity contribution is 6.09. The molecule has 2 aliphatic rings. The van der Waals surface area contributed by atoms with Crippen LogP contribution in [0, 0.1) is 0 Å². The number of carbonyl (C=O) groups excluding carboxylic acids is 3. The van der Waals surface area contributed by atoms with Crippen LogP contribution < -0.4 is 16.0 Å². The molecule has 14 nitrogen and oxygen atoms in total. The lowest BCUT2D eigenvalue weighted by Crippen LogP contribution is -2.52. The monoisotopic (exact) mass is 584 g/mol. The number of aliphatic carboxylic acids is 2. The van der Waals surface area contributed by atoms with E-state index in [4.69, 9.17) is 15.5 Å². The lowest BCUT2D eigenvalue weighted by Gasteiger charge is -2.38. The maximum atomic E-state index is 14.0. The van der Waals surface area contributed by atoms with Crippen molar-refractivity contribution in [1.29, 1.82) is 0 Å². The van der Waals surface area contributed by atoms with Gasteiger partial charge in [-0.2, -0.15) is 0 Å². The number of rotatable bonds is 10. The Morgan fingerprint density at radius 3 is 2.38 bits per heavy atom. The number of carboxylic acids is 2. The Balaban J connectivity index is 1.77. The van der Waals surface area contributed by atoms with Gasteiger partial charge in [0.15, 0.2) is 0 Å². The highest BCUT2D eigenvalue weighted by Gasteiger charge is 2.36. The number of fused-ring (bicyclic) bond motifs is 1. The van der Waals surface area contributed by atoms with E-state index >= 15 is 0 Å². The molecule has 5 N–H and O–H groups in total. The number of nitrogens with one attached hydrogen (secondary N) is 1. The Morgan fingerprint density at radius 2 is 1.74 bits per heavy atom. The van der Waals surface area contributed by atoms with Gasteiger partial charge in [-0.25, -0.2) is 4.79 Å². The Hall–Kier alpha value is -4.46. The summed E-state index contributed by atoms with van der Waals surface area (Å²) in [5.74, 6) is -4.42. The van der Waals surface area contributed by atoms with Crippen LogP contribution in [-0.2, 0) is 19.1 Å². The third-order valence-electron chi connectivity index (χ3n) is 7.52. The maximum Gasteiger partial charge on any atom is 0.409 e. The van der Waals surface area contributed by atoms with E-state index in [-0.39, 0.29) is 69.9 Å². The fourth-order valence-corrected chi connectivity index (χ4v) is 5.60. The Kier molecular flexibility index (Phi) is 9.78. The fraction of sp³-hybridized carbons (Fsp3) is 0.500. The van der Waals surface area contributed by atoms with Crippen molar-refractivity contribution in [2.45, 2.75) is 38.1 Å². The highest BCUT2D eigenvalue weighted by atomic mass is 16.6. The number of aromatic nitrogens is 1. The number of hydrogen-bond acceptors (Lipinski definition) is 9. The van der Waals surface area contributed by atoms with Gasteiger partial charge in [0, 0.05) is 63.7 Å². The van der Waals surface area contributed by atoms with E-state index in [1.165, 1.54) is 9.80 Å². The largest absolute Gasteiger partial charge is 0.481 e. The van der Waals surface area contributed by atoms with Crippen molar-refractivity contribution in [2.75, 3.05) is 57.3 Å². The van der Waals surface area contributed by atoms with Gasteiger partial charge >= 0.3 is 18.0 Å². The van der Waals surface area contributed by atoms with E-state index in [0.29, 0.717) is 29.7 Å². The summed E-state index contributed by atoms with van der Waals surface area (Å²) in [4.78, 5) is 72.0. The van der Waals surface area contributed by atoms with Gasteiger partial charge < -0.3 is 40.7 Å². The summed E-state index contributed by atoms with van der Waals surface area (Å²) in [5, 5.41) is 22.6. The van der Waals surface area contributed by atoms with Crippen molar-refractivity contribution >= 4 is 46.4 Å². The molecular formula is C28H36N6O8. The van der Waals surface area contributed by atoms with Crippen LogP contribution in [0.5, 0.6) is 0 Å². The predicted octanol–water partition coefficient (Wildman–Crippen LogP) is 0.836. The van der Waals surface area contributed by atoms with Crippen molar-refractivity contribution in [2.24, 2.45) is 5.73 Å². The molecule has 1 aromatic carbocycles.